The first-order chi connectivity index (χ1) is 9.35. The summed E-state index contributed by atoms with van der Waals surface area (Å²) in [7, 11) is 3.88. The molecule has 1 aromatic rings. The molecule has 0 aliphatic heterocycles. The highest BCUT2D eigenvalue weighted by molar-refractivity contribution is 5.31. The second-order valence-electron chi connectivity index (χ2n) is 8.07. The van der Waals surface area contributed by atoms with Crippen LogP contribution in [0.4, 0.5) is 0 Å². The van der Waals surface area contributed by atoms with Gasteiger partial charge in [0.2, 0.25) is 5.43 Å². The Morgan fingerprint density at radius 3 is 2.14 bits per heavy atom. The van der Waals surface area contributed by atoms with Crippen molar-refractivity contribution in [3.05, 3.63) is 27.7 Å². The molecule has 21 heavy (non-hydrogen) atoms. The van der Waals surface area contributed by atoms with Gasteiger partial charge in [-0.15, -0.1) is 0 Å². The highest BCUT2D eigenvalue weighted by atomic mass is 16.3. The molecular weight excluding hydrogens is 264 g/mol. The van der Waals surface area contributed by atoms with Crippen molar-refractivity contribution in [3.8, 4) is 5.75 Å². The lowest BCUT2D eigenvalue weighted by molar-refractivity contribution is 0.199. The van der Waals surface area contributed by atoms with Crippen molar-refractivity contribution in [2.75, 3.05) is 14.1 Å². The summed E-state index contributed by atoms with van der Waals surface area (Å²) in [6, 6.07) is 1.53. The van der Waals surface area contributed by atoms with Gasteiger partial charge in [0.15, 0.2) is 5.75 Å². The van der Waals surface area contributed by atoms with Crippen molar-refractivity contribution in [1.29, 1.82) is 0 Å². The summed E-state index contributed by atoms with van der Waals surface area (Å²) in [6.45, 7) is 13.4. The first kappa shape index (κ1) is 17.8. The number of hydrogen-bond acceptors (Lipinski definition) is 3. The Balaban J connectivity index is 3.53. The van der Waals surface area contributed by atoms with Crippen LogP contribution < -0.4 is 5.43 Å². The summed E-state index contributed by atoms with van der Waals surface area (Å²) < 4.78 is 2.12. The minimum Gasteiger partial charge on any atom is -0.503 e. The smallest absolute Gasteiger partial charge is 0.223 e. The lowest BCUT2D eigenvalue weighted by Gasteiger charge is -2.38. The Labute approximate surface area is 128 Å². The van der Waals surface area contributed by atoms with Crippen LogP contribution in [0.25, 0.3) is 0 Å². The van der Waals surface area contributed by atoms with Gasteiger partial charge < -0.3 is 14.6 Å². The van der Waals surface area contributed by atoms with Gasteiger partial charge in [0.05, 0.1) is 5.69 Å². The molecule has 4 nitrogen and oxygen atoms in total. The van der Waals surface area contributed by atoms with Crippen molar-refractivity contribution in [3.63, 3.8) is 0 Å². The van der Waals surface area contributed by atoms with Crippen LogP contribution in [-0.2, 0) is 12.1 Å². The second-order valence-corrected chi connectivity index (χ2v) is 8.07. The molecule has 0 saturated carbocycles. The standard InChI is InChI=1S/C17H30N2O2/c1-12-9-14(20)15(21)13(10-18(7)8)19(12)17(5,6)11-16(2,3)4/h9,21H,10-11H2,1-8H3. The minimum absolute atomic E-state index is 0.128. The lowest BCUT2D eigenvalue weighted by Crippen LogP contribution is -2.37. The SMILES string of the molecule is Cc1cc(=O)c(O)c(CN(C)C)n1C(C)(C)CC(C)(C)C. The number of pyridine rings is 1. The highest BCUT2D eigenvalue weighted by Gasteiger charge is 2.30. The van der Waals surface area contributed by atoms with Gasteiger partial charge >= 0.3 is 0 Å². The van der Waals surface area contributed by atoms with Crippen LogP contribution in [0.1, 0.15) is 52.4 Å². The van der Waals surface area contributed by atoms with Crippen molar-refractivity contribution in [2.24, 2.45) is 5.41 Å². The van der Waals surface area contributed by atoms with E-state index < -0.39 is 0 Å². The first-order valence-corrected chi connectivity index (χ1v) is 7.45. The molecule has 4 heteroatoms. The van der Waals surface area contributed by atoms with Gasteiger partial charge in [-0.1, -0.05) is 20.8 Å². The number of nitrogens with zero attached hydrogens (tertiary/aromatic N) is 2. The normalized spacial score (nSPS) is 13.0. The summed E-state index contributed by atoms with van der Waals surface area (Å²) in [5.41, 5.74) is 1.26. The first-order valence-electron chi connectivity index (χ1n) is 7.45. The summed E-state index contributed by atoms with van der Waals surface area (Å²) in [5.74, 6) is -0.128. The van der Waals surface area contributed by atoms with Crippen molar-refractivity contribution >= 4 is 0 Å². The molecule has 0 aliphatic rings. The molecular formula is C17H30N2O2. The van der Waals surface area contributed by atoms with Gasteiger partial charge in [0.25, 0.3) is 0 Å². The Bertz CT molecular complexity index is 563. The highest BCUT2D eigenvalue weighted by Crippen LogP contribution is 2.35. The number of aryl methyl sites for hydroxylation is 1. The third kappa shape index (κ3) is 4.34. The number of hydrogen-bond donors (Lipinski definition) is 1. The van der Waals surface area contributed by atoms with Crippen LogP contribution >= 0.6 is 0 Å². The molecule has 1 rings (SSSR count). The van der Waals surface area contributed by atoms with Crippen LogP contribution in [0.5, 0.6) is 5.75 Å². The molecule has 0 aromatic carbocycles. The average molecular weight is 294 g/mol. The Hall–Kier alpha value is -1.29. The third-order valence-electron chi connectivity index (χ3n) is 3.50. The molecule has 0 unspecified atom stereocenters. The van der Waals surface area contributed by atoms with Crippen LogP contribution in [-0.4, -0.2) is 28.7 Å². The van der Waals surface area contributed by atoms with Crippen LogP contribution in [0.2, 0.25) is 0 Å². The zero-order chi connectivity index (χ0) is 16.6. The van der Waals surface area contributed by atoms with Crippen LogP contribution in [0.15, 0.2) is 10.9 Å². The third-order valence-corrected chi connectivity index (χ3v) is 3.50. The minimum atomic E-state index is -0.299. The fourth-order valence-electron chi connectivity index (χ4n) is 3.45. The molecule has 120 valence electrons. The fourth-order valence-corrected chi connectivity index (χ4v) is 3.45. The monoisotopic (exact) mass is 294 g/mol. The molecule has 0 spiro atoms. The van der Waals surface area contributed by atoms with Crippen molar-refractivity contribution in [1.82, 2.24) is 9.47 Å². The predicted molar refractivity (Wildman–Crippen MR) is 87.9 cm³/mol. The predicted octanol–water partition coefficient (Wildman–Crippen LogP) is 3.10. The van der Waals surface area contributed by atoms with E-state index in [1.54, 1.807) is 0 Å². The van der Waals surface area contributed by atoms with Crippen molar-refractivity contribution in [2.45, 2.75) is 60.0 Å². The van der Waals surface area contributed by atoms with Gasteiger partial charge in [0.1, 0.15) is 0 Å². The molecule has 0 bridgehead atoms. The van der Waals surface area contributed by atoms with E-state index in [0.717, 1.165) is 12.1 Å². The molecule has 1 aromatic heterocycles. The van der Waals surface area contributed by atoms with E-state index in [1.165, 1.54) is 6.07 Å². The summed E-state index contributed by atoms with van der Waals surface area (Å²) in [6.07, 6.45) is 0.948. The fraction of sp³-hybridized carbons (Fsp3) is 0.706. The summed E-state index contributed by atoms with van der Waals surface area (Å²) in [4.78, 5) is 13.9. The zero-order valence-electron chi connectivity index (χ0n) is 14.7. The maximum absolute atomic E-state index is 11.9. The van der Waals surface area contributed by atoms with Gasteiger partial charge in [-0.3, -0.25) is 4.79 Å². The largest absolute Gasteiger partial charge is 0.503 e. The van der Waals surface area contributed by atoms with E-state index in [9.17, 15) is 9.90 Å². The van der Waals surface area contributed by atoms with E-state index in [2.05, 4.69) is 39.2 Å². The molecule has 0 saturated heterocycles. The molecule has 0 fully saturated rings. The Kier molecular flexibility index (Phi) is 4.94. The van der Waals surface area contributed by atoms with E-state index >= 15 is 0 Å². The van der Waals surface area contributed by atoms with Crippen molar-refractivity contribution < 1.29 is 5.11 Å². The molecule has 0 amide bonds. The van der Waals surface area contributed by atoms with Gasteiger partial charge in [0, 0.05) is 23.8 Å². The molecule has 0 radical (unpaired) electrons. The second kappa shape index (κ2) is 5.84. The molecule has 1 heterocycles. The number of aromatic hydroxyl groups is 1. The lowest BCUT2D eigenvalue weighted by atomic mass is 9.81. The van der Waals surface area contributed by atoms with Crippen LogP contribution in [0, 0.1) is 12.3 Å². The number of aromatic nitrogens is 1. The Morgan fingerprint density at radius 2 is 1.71 bits per heavy atom. The van der Waals surface area contributed by atoms with E-state index in [-0.39, 0.29) is 22.1 Å². The summed E-state index contributed by atoms with van der Waals surface area (Å²) in [5, 5.41) is 10.3. The van der Waals surface area contributed by atoms with Crippen LogP contribution in [0.3, 0.4) is 0 Å². The Morgan fingerprint density at radius 1 is 1.19 bits per heavy atom. The van der Waals surface area contributed by atoms with E-state index in [0.29, 0.717) is 12.2 Å². The zero-order valence-corrected chi connectivity index (χ0v) is 14.7. The maximum atomic E-state index is 11.9. The molecule has 0 atom stereocenters. The number of rotatable bonds is 4. The topological polar surface area (TPSA) is 45.5 Å². The van der Waals surface area contributed by atoms with Gasteiger partial charge in [-0.2, -0.15) is 0 Å². The quantitative estimate of drug-likeness (QED) is 0.928. The summed E-state index contributed by atoms with van der Waals surface area (Å²) >= 11 is 0. The molecule has 0 aliphatic carbocycles. The van der Waals surface area contributed by atoms with E-state index in [1.807, 2.05) is 25.9 Å². The van der Waals surface area contributed by atoms with Gasteiger partial charge in [-0.05, 0) is 46.7 Å². The van der Waals surface area contributed by atoms with E-state index in [4.69, 9.17) is 0 Å². The molecule has 1 N–H and O–H groups in total. The average Bonchev–Trinajstić information content (AvgIpc) is 2.20. The van der Waals surface area contributed by atoms with Gasteiger partial charge in [-0.25, -0.2) is 0 Å². The maximum Gasteiger partial charge on any atom is 0.223 e.